The summed E-state index contributed by atoms with van der Waals surface area (Å²) in [5, 5.41) is 16.8. The molecule has 6 heteroatoms. The number of hydrogen-bond acceptors (Lipinski definition) is 2. The Labute approximate surface area is 113 Å². The molecule has 0 unspecified atom stereocenters. The van der Waals surface area contributed by atoms with Crippen LogP contribution in [0.4, 0.5) is 0 Å². The van der Waals surface area contributed by atoms with E-state index in [0.29, 0.717) is 0 Å². The number of rotatable bonds is 4. The Morgan fingerprint density at radius 2 is 0.812 bits per heavy atom. The van der Waals surface area contributed by atoms with Gasteiger partial charge >= 0.3 is 0 Å². The maximum Gasteiger partial charge on any atom is 0.101 e. The zero-order valence-corrected chi connectivity index (χ0v) is 12.9. The standard InChI is InChI=1S/2C5H14NO.2ClH/c2*1-6(2,3)4-5-7;;/h2*7H,4-5H2,1-3H3;2*1H/q2*+1;;/p-2. The molecule has 0 aliphatic heterocycles. The predicted molar refractivity (Wildman–Crippen MR) is 60.0 cm³/mol. The highest BCUT2D eigenvalue weighted by Gasteiger charge is 2.02. The third kappa shape index (κ3) is 36.6. The summed E-state index contributed by atoms with van der Waals surface area (Å²) in [5.41, 5.74) is 0. The van der Waals surface area contributed by atoms with E-state index in [1.54, 1.807) is 0 Å². The molecule has 0 aliphatic carbocycles. The van der Waals surface area contributed by atoms with E-state index in [0.717, 1.165) is 22.1 Å². The molecule has 0 saturated heterocycles. The number of quaternary nitrogens is 2. The highest BCUT2D eigenvalue weighted by molar-refractivity contribution is 4.19. The van der Waals surface area contributed by atoms with Crippen LogP contribution in [-0.2, 0) is 0 Å². The van der Waals surface area contributed by atoms with Crippen LogP contribution in [0.1, 0.15) is 0 Å². The summed E-state index contributed by atoms with van der Waals surface area (Å²) >= 11 is 0. The number of aliphatic hydroxyl groups excluding tert-OH is 2. The summed E-state index contributed by atoms with van der Waals surface area (Å²) in [6, 6.07) is 0. The first-order valence-corrected chi connectivity index (χ1v) is 4.95. The minimum Gasteiger partial charge on any atom is -1.00 e. The Kier molecular flexibility index (Phi) is 18.8. The predicted octanol–water partition coefficient (Wildman–Crippen LogP) is -6.62. The fourth-order valence-electron chi connectivity index (χ4n) is 0.600. The van der Waals surface area contributed by atoms with Crippen LogP contribution in [0, 0.1) is 0 Å². The van der Waals surface area contributed by atoms with Crippen molar-refractivity contribution in [1.82, 2.24) is 0 Å². The number of likely N-dealkylation sites (N-methyl/N-ethyl adjacent to an activating group) is 2. The van der Waals surface area contributed by atoms with Gasteiger partial charge < -0.3 is 44.0 Å². The van der Waals surface area contributed by atoms with Gasteiger partial charge in [0, 0.05) is 0 Å². The van der Waals surface area contributed by atoms with Crippen LogP contribution in [0.25, 0.3) is 0 Å². The monoisotopic (exact) mass is 278 g/mol. The topological polar surface area (TPSA) is 40.5 Å². The van der Waals surface area contributed by atoms with Crippen molar-refractivity contribution in [3.8, 4) is 0 Å². The molecule has 0 atom stereocenters. The number of halogens is 2. The van der Waals surface area contributed by atoms with E-state index in [4.69, 9.17) is 10.2 Å². The van der Waals surface area contributed by atoms with Crippen LogP contribution >= 0.6 is 0 Å². The Morgan fingerprint density at radius 1 is 0.625 bits per heavy atom. The highest BCUT2D eigenvalue weighted by Crippen LogP contribution is 1.85. The molecule has 16 heavy (non-hydrogen) atoms. The average molecular weight is 279 g/mol. The fourth-order valence-corrected chi connectivity index (χ4v) is 0.600. The van der Waals surface area contributed by atoms with Crippen LogP contribution in [0.2, 0.25) is 0 Å². The van der Waals surface area contributed by atoms with Gasteiger partial charge in [-0.25, -0.2) is 0 Å². The summed E-state index contributed by atoms with van der Waals surface area (Å²) in [4.78, 5) is 0. The van der Waals surface area contributed by atoms with Gasteiger partial charge in [0.05, 0.1) is 55.5 Å². The molecule has 0 aromatic rings. The van der Waals surface area contributed by atoms with Crippen molar-refractivity contribution in [3.63, 3.8) is 0 Å². The molecule has 0 rings (SSSR count). The van der Waals surface area contributed by atoms with Crippen molar-refractivity contribution in [2.24, 2.45) is 0 Å². The average Bonchev–Trinajstić information content (AvgIpc) is 1.81. The quantitative estimate of drug-likeness (QED) is 0.502. The number of nitrogens with zero attached hydrogens (tertiary/aromatic N) is 2. The third-order valence-electron chi connectivity index (χ3n) is 1.54. The lowest BCUT2D eigenvalue weighted by Gasteiger charge is -2.21. The summed E-state index contributed by atoms with van der Waals surface area (Å²) in [6.45, 7) is 2.23. The lowest BCUT2D eigenvalue weighted by molar-refractivity contribution is -0.870. The Bertz CT molecular complexity index is 118. The van der Waals surface area contributed by atoms with Crippen LogP contribution in [-0.4, -0.2) is 87.8 Å². The van der Waals surface area contributed by atoms with Crippen molar-refractivity contribution in [2.75, 3.05) is 68.6 Å². The number of aliphatic hydroxyl groups is 2. The molecule has 0 spiro atoms. The Hall–Kier alpha value is 0.420. The number of hydrogen-bond donors (Lipinski definition) is 2. The lowest BCUT2D eigenvalue weighted by Crippen LogP contribution is -3.00. The maximum absolute atomic E-state index is 8.39. The van der Waals surface area contributed by atoms with Crippen molar-refractivity contribution in [2.45, 2.75) is 0 Å². The SMILES string of the molecule is C[N+](C)(C)CCO.C[N+](C)(C)CCO.[Cl-].[Cl-]. The van der Waals surface area contributed by atoms with E-state index in [2.05, 4.69) is 42.3 Å². The van der Waals surface area contributed by atoms with Crippen LogP contribution in [0.5, 0.6) is 0 Å². The zero-order chi connectivity index (χ0) is 11.8. The molecule has 0 aromatic heterocycles. The van der Waals surface area contributed by atoms with Crippen molar-refractivity contribution in [3.05, 3.63) is 0 Å². The minimum absolute atomic E-state index is 0. The molecule has 0 radical (unpaired) electrons. The Morgan fingerprint density at radius 3 is 0.812 bits per heavy atom. The van der Waals surface area contributed by atoms with Gasteiger partial charge in [-0.15, -0.1) is 0 Å². The summed E-state index contributed by atoms with van der Waals surface area (Å²) < 4.78 is 1.69. The van der Waals surface area contributed by atoms with E-state index in [9.17, 15) is 0 Å². The second-order valence-corrected chi connectivity index (χ2v) is 5.48. The molecular formula is C10H28Cl2N2O2. The molecule has 104 valence electrons. The highest BCUT2D eigenvalue weighted by atomic mass is 35.5. The molecule has 0 fully saturated rings. The molecule has 0 aromatic carbocycles. The summed E-state index contributed by atoms with van der Waals surface area (Å²) in [7, 11) is 12.3. The lowest BCUT2D eigenvalue weighted by atomic mass is 10.5. The van der Waals surface area contributed by atoms with Gasteiger partial charge in [-0.05, 0) is 0 Å². The summed E-state index contributed by atoms with van der Waals surface area (Å²) in [6.07, 6.45) is 0. The first kappa shape index (κ1) is 25.3. The summed E-state index contributed by atoms with van der Waals surface area (Å²) in [5.74, 6) is 0. The van der Waals surface area contributed by atoms with Crippen LogP contribution in [0.3, 0.4) is 0 Å². The van der Waals surface area contributed by atoms with E-state index in [1.807, 2.05) is 0 Å². The smallest absolute Gasteiger partial charge is 0.101 e. The minimum atomic E-state index is 0. The third-order valence-corrected chi connectivity index (χ3v) is 1.54. The van der Waals surface area contributed by atoms with E-state index < -0.39 is 0 Å². The first-order valence-electron chi connectivity index (χ1n) is 4.95. The molecule has 0 bridgehead atoms. The van der Waals surface area contributed by atoms with Crippen molar-refractivity contribution < 1.29 is 44.0 Å². The van der Waals surface area contributed by atoms with Crippen molar-refractivity contribution >= 4 is 0 Å². The molecule has 0 aliphatic rings. The van der Waals surface area contributed by atoms with E-state index >= 15 is 0 Å². The Balaban J connectivity index is -0.0000000800. The second kappa shape index (κ2) is 11.9. The van der Waals surface area contributed by atoms with Gasteiger partial charge in [-0.3, -0.25) is 0 Å². The van der Waals surface area contributed by atoms with E-state index in [1.165, 1.54) is 0 Å². The molecule has 4 nitrogen and oxygen atoms in total. The molecule has 0 saturated carbocycles. The first-order chi connectivity index (χ1) is 6.12. The van der Waals surface area contributed by atoms with Gasteiger partial charge in [-0.1, -0.05) is 0 Å². The molecule has 0 amide bonds. The van der Waals surface area contributed by atoms with Gasteiger partial charge in [0.2, 0.25) is 0 Å². The van der Waals surface area contributed by atoms with Crippen LogP contribution in [0.15, 0.2) is 0 Å². The fraction of sp³-hybridized carbons (Fsp3) is 1.00. The van der Waals surface area contributed by atoms with Gasteiger partial charge in [0.15, 0.2) is 0 Å². The van der Waals surface area contributed by atoms with E-state index in [-0.39, 0.29) is 38.0 Å². The van der Waals surface area contributed by atoms with Gasteiger partial charge in [-0.2, -0.15) is 0 Å². The molecular weight excluding hydrogens is 251 g/mol. The molecule has 0 heterocycles. The van der Waals surface area contributed by atoms with Gasteiger partial charge in [0.25, 0.3) is 0 Å². The maximum atomic E-state index is 8.39. The second-order valence-electron chi connectivity index (χ2n) is 5.48. The molecule has 2 N–H and O–H groups in total. The van der Waals surface area contributed by atoms with Crippen molar-refractivity contribution in [1.29, 1.82) is 0 Å². The normalized spacial score (nSPS) is 10.5. The largest absolute Gasteiger partial charge is 1.00 e. The van der Waals surface area contributed by atoms with Gasteiger partial charge in [0.1, 0.15) is 13.1 Å². The van der Waals surface area contributed by atoms with Crippen LogP contribution < -0.4 is 24.8 Å². The zero-order valence-electron chi connectivity index (χ0n) is 11.4.